The summed E-state index contributed by atoms with van der Waals surface area (Å²) in [6, 6.07) is 0. The van der Waals surface area contributed by atoms with Gasteiger partial charge in [0.1, 0.15) is 6.10 Å². The van der Waals surface area contributed by atoms with Crippen LogP contribution in [-0.2, 0) is 9.47 Å². The molecule has 0 amide bonds. The third kappa shape index (κ3) is 5.80. The van der Waals surface area contributed by atoms with E-state index in [1.807, 2.05) is 27.7 Å². The van der Waals surface area contributed by atoms with E-state index in [1.165, 1.54) is 0 Å². The number of carbonyl (C=O) groups excluding carboxylic acids is 1. The van der Waals surface area contributed by atoms with E-state index < -0.39 is 6.16 Å². The van der Waals surface area contributed by atoms with Crippen LogP contribution in [-0.4, -0.2) is 30.6 Å². The molecule has 4 nitrogen and oxygen atoms in total. The molecule has 14 heavy (non-hydrogen) atoms. The van der Waals surface area contributed by atoms with Crippen molar-refractivity contribution in [2.45, 2.75) is 40.2 Å². The number of carbonyl (C=O) groups is 1. The van der Waals surface area contributed by atoms with Crippen LogP contribution in [0.15, 0.2) is 0 Å². The SMILES string of the molecule is C[C@@H](OC(=O)OCCCO)C(C)(C)C. The van der Waals surface area contributed by atoms with Crippen LogP contribution in [0, 0.1) is 5.41 Å². The highest BCUT2D eigenvalue weighted by Crippen LogP contribution is 2.21. The van der Waals surface area contributed by atoms with Crippen molar-refractivity contribution >= 4 is 6.16 Å². The fourth-order valence-corrected chi connectivity index (χ4v) is 0.575. The van der Waals surface area contributed by atoms with E-state index in [0.717, 1.165) is 0 Å². The number of hydrogen-bond donors (Lipinski definition) is 1. The first-order chi connectivity index (χ1) is 6.38. The van der Waals surface area contributed by atoms with Gasteiger partial charge in [-0.05, 0) is 12.3 Å². The van der Waals surface area contributed by atoms with Crippen molar-refractivity contribution in [3.63, 3.8) is 0 Å². The van der Waals surface area contributed by atoms with Crippen molar-refractivity contribution in [3.05, 3.63) is 0 Å². The minimum atomic E-state index is -0.666. The van der Waals surface area contributed by atoms with E-state index >= 15 is 0 Å². The number of aliphatic hydroxyl groups excluding tert-OH is 1. The molecule has 0 aromatic rings. The lowest BCUT2D eigenvalue weighted by Gasteiger charge is -2.26. The van der Waals surface area contributed by atoms with Crippen LogP contribution in [0.1, 0.15) is 34.1 Å². The zero-order valence-corrected chi connectivity index (χ0v) is 9.37. The summed E-state index contributed by atoms with van der Waals surface area (Å²) >= 11 is 0. The Hall–Kier alpha value is -0.770. The summed E-state index contributed by atoms with van der Waals surface area (Å²) in [6.45, 7) is 8.00. The second-order valence-electron chi connectivity index (χ2n) is 4.30. The predicted molar refractivity (Wildman–Crippen MR) is 53.1 cm³/mol. The van der Waals surface area contributed by atoms with Crippen LogP contribution in [0.4, 0.5) is 4.79 Å². The molecule has 0 saturated carbocycles. The van der Waals surface area contributed by atoms with E-state index in [0.29, 0.717) is 6.42 Å². The topological polar surface area (TPSA) is 55.8 Å². The lowest BCUT2D eigenvalue weighted by Crippen LogP contribution is -2.29. The van der Waals surface area contributed by atoms with Gasteiger partial charge in [0.15, 0.2) is 0 Å². The fourth-order valence-electron chi connectivity index (χ4n) is 0.575. The summed E-state index contributed by atoms with van der Waals surface area (Å²) in [6.07, 6.45) is -0.413. The van der Waals surface area contributed by atoms with Crippen LogP contribution < -0.4 is 0 Å². The molecule has 0 heterocycles. The van der Waals surface area contributed by atoms with Gasteiger partial charge >= 0.3 is 6.16 Å². The molecule has 0 aromatic carbocycles. The van der Waals surface area contributed by atoms with Gasteiger partial charge in [-0.2, -0.15) is 0 Å². The molecule has 0 unspecified atom stereocenters. The Balaban J connectivity index is 3.72. The highest BCUT2D eigenvalue weighted by Gasteiger charge is 2.24. The highest BCUT2D eigenvalue weighted by molar-refractivity contribution is 5.60. The average molecular weight is 204 g/mol. The van der Waals surface area contributed by atoms with Crippen LogP contribution in [0.25, 0.3) is 0 Å². The van der Waals surface area contributed by atoms with Gasteiger partial charge in [-0.1, -0.05) is 20.8 Å². The van der Waals surface area contributed by atoms with Crippen molar-refractivity contribution in [3.8, 4) is 0 Å². The fraction of sp³-hybridized carbons (Fsp3) is 0.900. The Morgan fingerprint density at radius 1 is 1.43 bits per heavy atom. The third-order valence-electron chi connectivity index (χ3n) is 2.01. The molecule has 0 aliphatic carbocycles. The second-order valence-corrected chi connectivity index (χ2v) is 4.30. The third-order valence-corrected chi connectivity index (χ3v) is 2.01. The van der Waals surface area contributed by atoms with Crippen LogP contribution >= 0.6 is 0 Å². The predicted octanol–water partition coefficient (Wildman–Crippen LogP) is 1.96. The maximum Gasteiger partial charge on any atom is 0.508 e. The zero-order valence-electron chi connectivity index (χ0n) is 9.37. The molecule has 0 aromatic heterocycles. The van der Waals surface area contributed by atoms with Crippen LogP contribution in [0.2, 0.25) is 0 Å². The molecule has 84 valence electrons. The van der Waals surface area contributed by atoms with Crippen molar-refractivity contribution in [1.29, 1.82) is 0 Å². The van der Waals surface area contributed by atoms with Crippen LogP contribution in [0.3, 0.4) is 0 Å². The first-order valence-corrected chi connectivity index (χ1v) is 4.82. The maximum absolute atomic E-state index is 11.0. The van der Waals surface area contributed by atoms with E-state index in [2.05, 4.69) is 0 Å². The zero-order chi connectivity index (χ0) is 11.2. The molecular weight excluding hydrogens is 184 g/mol. The molecule has 4 heteroatoms. The Morgan fingerprint density at radius 3 is 2.43 bits per heavy atom. The van der Waals surface area contributed by atoms with Gasteiger partial charge in [0.2, 0.25) is 0 Å². The lowest BCUT2D eigenvalue weighted by atomic mass is 9.90. The number of rotatable bonds is 4. The standard InChI is InChI=1S/C10H20O4/c1-8(10(2,3)4)14-9(12)13-7-5-6-11/h8,11H,5-7H2,1-4H3/t8-/m1/s1. The van der Waals surface area contributed by atoms with Gasteiger partial charge in [-0.3, -0.25) is 0 Å². The molecule has 0 fully saturated rings. The van der Waals surface area contributed by atoms with Gasteiger partial charge in [-0.25, -0.2) is 4.79 Å². The molecular formula is C10H20O4. The molecule has 1 N–H and O–H groups in total. The van der Waals surface area contributed by atoms with Gasteiger partial charge < -0.3 is 14.6 Å². The monoisotopic (exact) mass is 204 g/mol. The summed E-state index contributed by atoms with van der Waals surface area (Å²) in [7, 11) is 0. The summed E-state index contributed by atoms with van der Waals surface area (Å²) in [5, 5.41) is 8.46. The van der Waals surface area contributed by atoms with Crippen LogP contribution in [0.5, 0.6) is 0 Å². The molecule has 0 aliphatic heterocycles. The maximum atomic E-state index is 11.0. The smallest absolute Gasteiger partial charge is 0.434 e. The largest absolute Gasteiger partial charge is 0.508 e. The molecule has 0 saturated heterocycles. The molecule has 0 rings (SSSR count). The van der Waals surface area contributed by atoms with E-state index in [1.54, 1.807) is 0 Å². The second kappa shape index (κ2) is 5.86. The molecule has 0 radical (unpaired) electrons. The first-order valence-electron chi connectivity index (χ1n) is 4.82. The van der Waals surface area contributed by atoms with Crippen molar-refractivity contribution in [2.24, 2.45) is 5.41 Å². The number of ether oxygens (including phenoxy) is 2. The average Bonchev–Trinajstić information content (AvgIpc) is 2.03. The molecule has 0 aliphatic rings. The quantitative estimate of drug-likeness (QED) is 0.561. The van der Waals surface area contributed by atoms with Gasteiger partial charge in [0.25, 0.3) is 0 Å². The summed E-state index contributed by atoms with van der Waals surface area (Å²) in [5.41, 5.74) is -0.0873. The van der Waals surface area contributed by atoms with Gasteiger partial charge in [-0.15, -0.1) is 0 Å². The Kier molecular flexibility index (Phi) is 5.53. The highest BCUT2D eigenvalue weighted by atomic mass is 16.7. The lowest BCUT2D eigenvalue weighted by molar-refractivity contribution is -0.00997. The molecule has 1 atom stereocenters. The Labute approximate surface area is 85.2 Å². The molecule has 0 spiro atoms. The van der Waals surface area contributed by atoms with Crippen molar-refractivity contribution in [2.75, 3.05) is 13.2 Å². The van der Waals surface area contributed by atoms with Gasteiger partial charge in [0.05, 0.1) is 6.61 Å². The number of aliphatic hydroxyl groups is 1. The first kappa shape index (κ1) is 13.2. The Morgan fingerprint density at radius 2 is 2.00 bits per heavy atom. The van der Waals surface area contributed by atoms with E-state index in [-0.39, 0.29) is 24.7 Å². The minimum absolute atomic E-state index is 0.0160. The minimum Gasteiger partial charge on any atom is -0.434 e. The van der Waals surface area contributed by atoms with E-state index in [9.17, 15) is 4.79 Å². The summed E-state index contributed by atoms with van der Waals surface area (Å²) < 4.78 is 9.75. The van der Waals surface area contributed by atoms with Crippen molar-refractivity contribution < 1.29 is 19.4 Å². The van der Waals surface area contributed by atoms with Gasteiger partial charge in [0, 0.05) is 13.0 Å². The van der Waals surface area contributed by atoms with E-state index in [4.69, 9.17) is 14.6 Å². The Bertz CT molecular complexity index is 171. The summed E-state index contributed by atoms with van der Waals surface area (Å²) in [5.74, 6) is 0. The van der Waals surface area contributed by atoms with Crippen molar-refractivity contribution in [1.82, 2.24) is 0 Å². The number of hydrogen-bond acceptors (Lipinski definition) is 4. The summed E-state index contributed by atoms with van der Waals surface area (Å²) in [4.78, 5) is 11.0. The molecule has 0 bridgehead atoms. The normalized spacial score (nSPS) is 13.5.